The molecule has 0 radical (unpaired) electrons. The SMILES string of the molecule is CCO[Si](CCCNC(=O)OCCOC(=O)C(C)(C)CC)(OCC)OCC. The van der Waals surface area contributed by atoms with Crippen molar-refractivity contribution in [1.29, 1.82) is 0 Å². The smallest absolute Gasteiger partial charge is 0.462 e. The van der Waals surface area contributed by atoms with Crippen molar-refractivity contribution in [2.45, 2.75) is 60.4 Å². The Morgan fingerprint density at radius 2 is 1.41 bits per heavy atom. The molecule has 0 heterocycles. The number of hydrogen-bond donors (Lipinski definition) is 1. The maximum absolute atomic E-state index is 11.8. The Morgan fingerprint density at radius 1 is 0.889 bits per heavy atom. The molecule has 0 spiro atoms. The van der Waals surface area contributed by atoms with Crippen molar-refractivity contribution in [2.24, 2.45) is 5.41 Å². The number of hydrogen-bond acceptors (Lipinski definition) is 7. The summed E-state index contributed by atoms with van der Waals surface area (Å²) in [6.45, 7) is 13.3. The van der Waals surface area contributed by atoms with E-state index in [4.69, 9.17) is 22.8 Å². The molecule has 0 aromatic heterocycles. The van der Waals surface area contributed by atoms with Gasteiger partial charge in [-0.1, -0.05) is 6.92 Å². The molecule has 0 saturated carbocycles. The van der Waals surface area contributed by atoms with Crippen LogP contribution in [0.4, 0.5) is 4.79 Å². The van der Waals surface area contributed by atoms with E-state index in [1.54, 1.807) is 0 Å². The third kappa shape index (κ3) is 10.7. The van der Waals surface area contributed by atoms with Gasteiger partial charge in [-0.05, 0) is 47.5 Å². The molecule has 0 saturated heterocycles. The first-order chi connectivity index (χ1) is 12.8. The summed E-state index contributed by atoms with van der Waals surface area (Å²) in [4.78, 5) is 23.5. The van der Waals surface area contributed by atoms with E-state index in [1.165, 1.54) is 0 Å². The van der Waals surface area contributed by atoms with Gasteiger partial charge >= 0.3 is 20.9 Å². The van der Waals surface area contributed by atoms with Gasteiger partial charge in [-0.15, -0.1) is 0 Å². The van der Waals surface area contributed by atoms with Gasteiger partial charge in [-0.3, -0.25) is 4.79 Å². The van der Waals surface area contributed by atoms with Crippen LogP contribution in [-0.2, 0) is 27.5 Å². The minimum Gasteiger partial charge on any atom is -0.462 e. The first-order valence-electron chi connectivity index (χ1n) is 9.76. The summed E-state index contributed by atoms with van der Waals surface area (Å²) < 4.78 is 27.4. The number of esters is 1. The fourth-order valence-corrected chi connectivity index (χ4v) is 4.77. The van der Waals surface area contributed by atoms with Crippen LogP contribution in [0.25, 0.3) is 0 Å². The van der Waals surface area contributed by atoms with Crippen LogP contribution in [0.5, 0.6) is 0 Å². The summed E-state index contributed by atoms with van der Waals surface area (Å²) in [5.41, 5.74) is -0.527. The van der Waals surface area contributed by atoms with E-state index in [0.29, 0.717) is 45.3 Å². The Hall–Kier alpha value is -1.16. The van der Waals surface area contributed by atoms with Gasteiger partial charge in [0.25, 0.3) is 0 Å². The fraction of sp³-hybridized carbons (Fsp3) is 0.889. The van der Waals surface area contributed by atoms with Crippen LogP contribution in [0.2, 0.25) is 6.04 Å². The van der Waals surface area contributed by atoms with Crippen LogP contribution in [0.3, 0.4) is 0 Å². The first-order valence-corrected chi connectivity index (χ1v) is 11.7. The Morgan fingerprint density at radius 3 is 1.89 bits per heavy atom. The second-order valence-electron chi connectivity index (χ2n) is 6.52. The third-order valence-corrected chi connectivity index (χ3v) is 7.16. The van der Waals surface area contributed by atoms with Gasteiger partial charge in [0.05, 0.1) is 5.41 Å². The molecule has 1 amide bonds. The molecule has 0 aromatic rings. The van der Waals surface area contributed by atoms with Crippen LogP contribution in [0.15, 0.2) is 0 Å². The topological polar surface area (TPSA) is 92.3 Å². The predicted octanol–water partition coefficient (Wildman–Crippen LogP) is 3.13. The fourth-order valence-electron chi connectivity index (χ4n) is 2.16. The Labute approximate surface area is 164 Å². The molecule has 1 N–H and O–H groups in total. The van der Waals surface area contributed by atoms with Crippen LogP contribution in [0, 0.1) is 5.41 Å². The van der Waals surface area contributed by atoms with Crippen molar-refractivity contribution >= 4 is 20.9 Å². The molecule has 0 atom stereocenters. The molecule has 0 bridgehead atoms. The summed E-state index contributed by atoms with van der Waals surface area (Å²) in [5.74, 6) is -0.293. The van der Waals surface area contributed by atoms with Gasteiger partial charge in [-0.2, -0.15) is 0 Å². The molecule has 0 aromatic carbocycles. The standard InChI is InChI=1S/C18H37NO7Si/c1-7-18(5,6)16(20)22-13-14-23-17(21)19-12-11-15-27(24-8-2,25-9-3)26-10-4/h7-15H2,1-6H3,(H,19,21). The van der Waals surface area contributed by atoms with Crippen LogP contribution >= 0.6 is 0 Å². The van der Waals surface area contributed by atoms with Gasteiger partial charge in [0.15, 0.2) is 0 Å². The predicted molar refractivity (Wildman–Crippen MR) is 104 cm³/mol. The number of amides is 1. The summed E-state index contributed by atoms with van der Waals surface area (Å²) in [7, 11) is -2.68. The summed E-state index contributed by atoms with van der Waals surface area (Å²) in [5, 5.41) is 2.67. The monoisotopic (exact) mass is 407 g/mol. The number of nitrogens with one attached hydrogen (secondary N) is 1. The molecule has 0 aliphatic heterocycles. The number of ether oxygens (including phenoxy) is 2. The lowest BCUT2D eigenvalue weighted by atomic mass is 9.91. The molecular formula is C18H37NO7Si. The third-order valence-electron chi connectivity index (χ3n) is 4.01. The molecule has 0 aliphatic carbocycles. The second-order valence-corrected chi connectivity index (χ2v) is 9.25. The van der Waals surface area contributed by atoms with E-state index >= 15 is 0 Å². The van der Waals surface area contributed by atoms with Gasteiger partial charge in [-0.25, -0.2) is 4.79 Å². The molecule has 0 aliphatic rings. The highest BCUT2D eigenvalue weighted by atomic mass is 28.4. The van der Waals surface area contributed by atoms with E-state index in [9.17, 15) is 9.59 Å². The van der Waals surface area contributed by atoms with Crippen molar-refractivity contribution < 1.29 is 32.3 Å². The van der Waals surface area contributed by atoms with Crippen molar-refractivity contribution in [3.8, 4) is 0 Å². The first kappa shape index (κ1) is 25.8. The molecule has 160 valence electrons. The maximum Gasteiger partial charge on any atom is 0.500 e. The summed E-state index contributed by atoms with van der Waals surface area (Å²) in [6.07, 6.45) is 0.793. The van der Waals surface area contributed by atoms with Crippen LogP contribution < -0.4 is 5.32 Å². The molecule has 0 rings (SSSR count). The Kier molecular flexibility index (Phi) is 13.3. The van der Waals surface area contributed by atoms with Crippen LogP contribution in [-0.4, -0.2) is 60.4 Å². The lowest BCUT2D eigenvalue weighted by Crippen LogP contribution is -2.46. The Balaban J connectivity index is 4.06. The molecule has 0 fully saturated rings. The highest BCUT2D eigenvalue weighted by Crippen LogP contribution is 2.21. The van der Waals surface area contributed by atoms with Crippen molar-refractivity contribution in [2.75, 3.05) is 39.6 Å². The number of carbonyl (C=O) groups excluding carboxylic acids is 2. The largest absolute Gasteiger partial charge is 0.500 e. The maximum atomic E-state index is 11.8. The van der Waals surface area contributed by atoms with E-state index in [2.05, 4.69) is 5.32 Å². The zero-order valence-corrected chi connectivity index (χ0v) is 18.7. The van der Waals surface area contributed by atoms with E-state index in [1.807, 2.05) is 41.5 Å². The van der Waals surface area contributed by atoms with Crippen LogP contribution in [0.1, 0.15) is 54.4 Å². The summed E-state index contributed by atoms with van der Waals surface area (Å²) in [6, 6.07) is 0.618. The molecule has 8 nitrogen and oxygen atoms in total. The van der Waals surface area contributed by atoms with Crippen molar-refractivity contribution in [3.63, 3.8) is 0 Å². The van der Waals surface area contributed by atoms with Crippen molar-refractivity contribution in [1.82, 2.24) is 5.32 Å². The van der Waals surface area contributed by atoms with Gasteiger partial charge in [0.1, 0.15) is 13.2 Å². The minimum absolute atomic E-state index is 0.0207. The quantitative estimate of drug-likeness (QED) is 0.253. The van der Waals surface area contributed by atoms with Gasteiger partial charge in [0, 0.05) is 32.4 Å². The van der Waals surface area contributed by atoms with E-state index < -0.39 is 20.3 Å². The van der Waals surface area contributed by atoms with E-state index in [0.717, 1.165) is 0 Å². The normalized spacial score (nSPS) is 11.9. The average molecular weight is 408 g/mol. The highest BCUT2D eigenvalue weighted by Gasteiger charge is 2.39. The number of carbonyl (C=O) groups is 2. The van der Waals surface area contributed by atoms with Gasteiger partial charge < -0.3 is 28.1 Å². The zero-order chi connectivity index (χ0) is 20.8. The summed E-state index contributed by atoms with van der Waals surface area (Å²) >= 11 is 0. The molecule has 0 unspecified atom stereocenters. The van der Waals surface area contributed by atoms with E-state index in [-0.39, 0.29) is 19.2 Å². The van der Waals surface area contributed by atoms with Gasteiger partial charge in [0.2, 0.25) is 0 Å². The molecular weight excluding hydrogens is 370 g/mol. The minimum atomic E-state index is -2.68. The average Bonchev–Trinajstić information content (AvgIpc) is 2.63. The highest BCUT2D eigenvalue weighted by molar-refractivity contribution is 6.60. The number of rotatable bonds is 15. The zero-order valence-electron chi connectivity index (χ0n) is 17.7. The Bertz CT molecular complexity index is 415. The molecule has 9 heteroatoms. The molecule has 27 heavy (non-hydrogen) atoms. The van der Waals surface area contributed by atoms with Crippen molar-refractivity contribution in [3.05, 3.63) is 0 Å². The number of alkyl carbamates (subject to hydrolysis) is 1. The lowest BCUT2D eigenvalue weighted by molar-refractivity contribution is -0.155. The second kappa shape index (κ2) is 13.9. The lowest BCUT2D eigenvalue weighted by Gasteiger charge is -2.28.